The number of hydrogen-bond acceptors (Lipinski definition) is 8. The molecule has 80 heavy (non-hydrogen) atoms. The highest BCUT2D eigenvalue weighted by Gasteiger charge is 2.12. The zero-order valence-corrected chi connectivity index (χ0v) is 44.5. The largest absolute Gasteiger partial charge is 0.496 e. The monoisotopic (exact) mass is 1050 g/mol. The fourth-order valence-corrected chi connectivity index (χ4v) is 9.38. The van der Waals surface area contributed by atoms with E-state index in [0.29, 0.717) is 13.2 Å². The van der Waals surface area contributed by atoms with Crippen molar-refractivity contribution in [2.75, 3.05) is 14.2 Å². The smallest absolute Gasteiger partial charge is 0.130 e. The van der Waals surface area contributed by atoms with Crippen LogP contribution in [0.15, 0.2) is 207 Å². The van der Waals surface area contributed by atoms with Crippen LogP contribution in [0.25, 0.3) is 72.1 Å². The van der Waals surface area contributed by atoms with Gasteiger partial charge >= 0.3 is 0 Å². The Bertz CT molecular complexity index is 3910. The molecule has 0 saturated carbocycles. The average Bonchev–Trinajstić information content (AvgIpc) is 4.37. The Labute approximate surface area is 466 Å². The van der Waals surface area contributed by atoms with Crippen molar-refractivity contribution in [2.45, 2.75) is 26.1 Å². The maximum absolute atomic E-state index is 5.93. The van der Waals surface area contributed by atoms with Gasteiger partial charge in [-0.05, 0) is 168 Å². The number of fused-ring (bicyclic) bond motifs is 2. The molecule has 0 N–H and O–H groups in total. The Morgan fingerprint density at radius 3 is 1.35 bits per heavy atom. The molecule has 10 nitrogen and oxygen atoms in total. The van der Waals surface area contributed by atoms with Gasteiger partial charge in [-0.2, -0.15) is 10.2 Å². The number of methoxy groups -OCH3 is 2. The van der Waals surface area contributed by atoms with Crippen LogP contribution in [-0.4, -0.2) is 43.7 Å². The van der Waals surface area contributed by atoms with E-state index in [9.17, 15) is 0 Å². The van der Waals surface area contributed by atoms with E-state index in [0.717, 1.165) is 92.5 Å². The number of allylic oxidation sites excluding steroid dienone is 2. The minimum atomic E-state index is 0.397. The van der Waals surface area contributed by atoms with Crippen LogP contribution in [-0.2, 0) is 26.1 Å². The molecule has 2 aliphatic rings. The van der Waals surface area contributed by atoms with Crippen molar-refractivity contribution < 1.29 is 18.9 Å². The number of pyridine rings is 2. The van der Waals surface area contributed by atoms with Gasteiger partial charge in [0.1, 0.15) is 36.2 Å². The summed E-state index contributed by atoms with van der Waals surface area (Å²) in [5.74, 6) is 2.90. The molecule has 0 fully saturated rings. The van der Waals surface area contributed by atoms with E-state index >= 15 is 0 Å². The molecule has 0 aliphatic heterocycles. The van der Waals surface area contributed by atoms with Gasteiger partial charge in [0.25, 0.3) is 0 Å². The second kappa shape index (κ2) is 25.2. The van der Waals surface area contributed by atoms with Gasteiger partial charge in [0.05, 0.1) is 59.8 Å². The molecular formula is C70H58N6O4. The number of hydrogen-bond donors (Lipinski definition) is 0. The van der Waals surface area contributed by atoms with Crippen molar-refractivity contribution in [3.8, 4) is 34.4 Å². The van der Waals surface area contributed by atoms with Crippen molar-refractivity contribution in [3.63, 3.8) is 0 Å². The Hall–Kier alpha value is -10.3. The van der Waals surface area contributed by atoms with Crippen molar-refractivity contribution in [3.05, 3.63) is 285 Å². The molecule has 0 spiro atoms. The Kier molecular flexibility index (Phi) is 16.3. The minimum Gasteiger partial charge on any atom is -0.496 e. The lowest BCUT2D eigenvalue weighted by Gasteiger charge is -2.10. The average molecular weight is 1050 g/mol. The van der Waals surface area contributed by atoms with E-state index in [1.54, 1.807) is 26.6 Å². The van der Waals surface area contributed by atoms with Crippen molar-refractivity contribution in [1.29, 1.82) is 0 Å². The molecule has 6 aromatic carbocycles. The van der Waals surface area contributed by atoms with Crippen LogP contribution in [0.4, 0.5) is 0 Å². The molecule has 0 unspecified atom stereocenters. The number of para-hydroxylation sites is 2. The van der Waals surface area contributed by atoms with Gasteiger partial charge in [-0.1, -0.05) is 121 Å². The highest BCUT2D eigenvalue weighted by molar-refractivity contribution is 5.78. The Balaban J connectivity index is 0.000000169. The first-order valence-electron chi connectivity index (χ1n) is 26.5. The van der Waals surface area contributed by atoms with Crippen molar-refractivity contribution in [1.82, 2.24) is 29.5 Å². The molecule has 12 rings (SSSR count). The molecule has 0 radical (unpaired) electrons. The van der Waals surface area contributed by atoms with E-state index in [4.69, 9.17) is 29.1 Å². The third-order valence-electron chi connectivity index (χ3n) is 13.5. The van der Waals surface area contributed by atoms with Gasteiger partial charge in [0.2, 0.25) is 0 Å². The van der Waals surface area contributed by atoms with Gasteiger partial charge in [-0.15, -0.1) is 0 Å². The molecule has 0 amide bonds. The van der Waals surface area contributed by atoms with Crippen LogP contribution < -0.4 is 18.9 Å². The number of nitrogens with zero attached hydrogens (tertiary/aromatic N) is 6. The van der Waals surface area contributed by atoms with Gasteiger partial charge in [-0.3, -0.25) is 9.97 Å². The number of ether oxygens (including phenoxy) is 4. The Morgan fingerprint density at radius 2 is 0.875 bits per heavy atom. The molecule has 2 aliphatic carbocycles. The first-order valence-corrected chi connectivity index (χ1v) is 26.5. The fourth-order valence-electron chi connectivity index (χ4n) is 9.38. The number of aromatic nitrogens is 6. The number of benzene rings is 6. The molecular weight excluding hydrogens is 989 g/mol. The quantitative estimate of drug-likeness (QED) is 0.0838. The highest BCUT2D eigenvalue weighted by Crippen LogP contribution is 2.30. The lowest BCUT2D eigenvalue weighted by atomic mass is 10.1. The Morgan fingerprint density at radius 1 is 0.425 bits per heavy atom. The molecule has 392 valence electrons. The predicted octanol–water partition coefficient (Wildman–Crippen LogP) is 15.5. The molecule has 0 atom stereocenters. The summed E-state index contributed by atoms with van der Waals surface area (Å²) in [6.45, 7) is 0.794. The van der Waals surface area contributed by atoms with Crippen LogP contribution in [0.2, 0.25) is 0 Å². The lowest BCUT2D eigenvalue weighted by Crippen LogP contribution is -1.99. The van der Waals surface area contributed by atoms with Crippen LogP contribution in [0.3, 0.4) is 0 Å². The molecule has 0 bridgehead atoms. The van der Waals surface area contributed by atoms with Gasteiger partial charge < -0.3 is 18.9 Å². The van der Waals surface area contributed by atoms with Crippen LogP contribution >= 0.6 is 0 Å². The summed E-state index contributed by atoms with van der Waals surface area (Å²) in [6, 6.07) is 60.9. The van der Waals surface area contributed by atoms with Crippen LogP contribution in [0.5, 0.6) is 23.0 Å². The second-order valence-electron chi connectivity index (χ2n) is 19.0. The fraction of sp³-hybridized carbons (Fsp3) is 0.0857. The summed E-state index contributed by atoms with van der Waals surface area (Å²) < 4.78 is 27.1. The normalized spacial score (nSPS) is 12.3. The maximum atomic E-state index is 5.93. The summed E-state index contributed by atoms with van der Waals surface area (Å²) in [5.41, 5.74) is 17.0. The van der Waals surface area contributed by atoms with Crippen LogP contribution in [0.1, 0.15) is 78.7 Å². The minimum absolute atomic E-state index is 0.397. The van der Waals surface area contributed by atoms with E-state index < -0.39 is 0 Å². The third-order valence-corrected chi connectivity index (χ3v) is 13.5. The van der Waals surface area contributed by atoms with Gasteiger partial charge in [-0.25, -0.2) is 9.36 Å². The zero-order valence-electron chi connectivity index (χ0n) is 44.5. The lowest BCUT2D eigenvalue weighted by molar-refractivity contribution is 0.299. The first kappa shape index (κ1) is 51.8. The first-order chi connectivity index (χ1) is 39.5. The van der Waals surface area contributed by atoms with Crippen molar-refractivity contribution >= 4 is 60.8 Å². The predicted molar refractivity (Wildman–Crippen MR) is 324 cm³/mol. The van der Waals surface area contributed by atoms with Gasteiger partial charge in [0, 0.05) is 35.7 Å². The topological polar surface area (TPSA) is 98.3 Å². The van der Waals surface area contributed by atoms with Crippen LogP contribution in [0, 0.1) is 0 Å². The van der Waals surface area contributed by atoms with Gasteiger partial charge in [0.15, 0.2) is 0 Å². The molecule has 0 saturated heterocycles. The summed E-state index contributed by atoms with van der Waals surface area (Å²) in [7, 11) is 3.33. The SMILES string of the molecule is COc1cc(OCc2ccccn2)ccc1/C=C/c1cc(/C=C/c2ccc3c(c2)CC=C3)n(-c2ccccc2)n1.COc1cc(OCc2ccccn2)ccc1/C=C/c1cc(/C=C/c2ccc3c(c2)CC=C3)nn1-c1ccccc1. The zero-order chi connectivity index (χ0) is 54.3. The summed E-state index contributed by atoms with van der Waals surface area (Å²) in [6.07, 6.45) is 30.9. The molecule has 10 heteroatoms. The summed E-state index contributed by atoms with van der Waals surface area (Å²) in [5, 5.41) is 9.80. The maximum Gasteiger partial charge on any atom is 0.130 e. The highest BCUT2D eigenvalue weighted by atomic mass is 16.5. The van der Waals surface area contributed by atoms with E-state index in [2.05, 4.69) is 137 Å². The molecule has 4 aromatic heterocycles. The van der Waals surface area contributed by atoms with E-state index in [1.165, 1.54) is 33.4 Å². The standard InChI is InChI=1S/2C35H29N3O2/c1-39-35-24-34(40-25-31-10-5-6-21-36-31)20-17-28(35)16-18-30-23-33(38(37-30)32-11-3-2-4-12-32)19-14-26-13-15-27-8-7-9-29(27)22-26;1-39-35-24-34(40-25-31-10-5-6-21-36-31)20-17-28(35)16-19-33-23-30(37-38(33)32-11-3-2-4-12-32)18-14-26-13-15-27-8-7-9-29(27)22-26/h2*2-8,10-24H,9,25H2,1H3/b18-16+,19-14+;18-14+,19-16+. The summed E-state index contributed by atoms with van der Waals surface area (Å²) >= 11 is 0. The summed E-state index contributed by atoms with van der Waals surface area (Å²) in [4.78, 5) is 8.62. The van der Waals surface area contributed by atoms with E-state index in [-0.39, 0.29) is 0 Å². The second-order valence-corrected chi connectivity index (χ2v) is 19.0. The third kappa shape index (κ3) is 13.1. The molecule has 10 aromatic rings. The van der Waals surface area contributed by atoms with E-state index in [1.807, 2.05) is 137 Å². The molecule has 4 heterocycles. The van der Waals surface area contributed by atoms with Crippen molar-refractivity contribution in [2.24, 2.45) is 0 Å². The number of rotatable bonds is 18.